The standard InChI is InChI=1S/C33H27N3O5/c1-33(2)16-24-30-23-7-5-4-6-19(23)8-11-25(30)35-32(31(24)26(37)17-33)20-9-12-28(29(15-20)40-3)41-27-13-10-22(36(38)39)14-21(27)18-34/h4-15,32,35H,16-17H2,1-3H3/t32-/m1/s1. The van der Waals surface area contributed by atoms with E-state index < -0.39 is 4.92 Å². The molecule has 1 aliphatic carbocycles. The number of hydrogen-bond acceptors (Lipinski definition) is 7. The van der Waals surface area contributed by atoms with E-state index in [2.05, 4.69) is 43.4 Å². The lowest BCUT2D eigenvalue weighted by atomic mass is 9.68. The van der Waals surface area contributed by atoms with Gasteiger partial charge in [-0.1, -0.05) is 50.2 Å². The van der Waals surface area contributed by atoms with Gasteiger partial charge in [0, 0.05) is 35.4 Å². The summed E-state index contributed by atoms with van der Waals surface area (Å²) < 4.78 is 11.7. The van der Waals surface area contributed by atoms with Crippen LogP contribution < -0.4 is 14.8 Å². The average molecular weight is 546 g/mol. The summed E-state index contributed by atoms with van der Waals surface area (Å²) in [6, 6.07) is 23.3. The molecule has 41 heavy (non-hydrogen) atoms. The fourth-order valence-electron chi connectivity index (χ4n) is 5.96. The lowest BCUT2D eigenvalue weighted by Gasteiger charge is -2.40. The third-order valence-corrected chi connectivity index (χ3v) is 7.77. The first-order valence-corrected chi connectivity index (χ1v) is 13.3. The quantitative estimate of drug-likeness (QED) is 0.202. The van der Waals surface area contributed by atoms with Gasteiger partial charge in [0.15, 0.2) is 17.3 Å². The molecule has 0 fully saturated rings. The van der Waals surface area contributed by atoms with Crippen molar-refractivity contribution in [2.75, 3.05) is 12.4 Å². The number of fused-ring (bicyclic) bond motifs is 4. The molecule has 0 aromatic heterocycles. The summed E-state index contributed by atoms with van der Waals surface area (Å²) >= 11 is 0. The van der Waals surface area contributed by atoms with Crippen LogP contribution in [0.5, 0.6) is 17.2 Å². The zero-order valence-corrected chi connectivity index (χ0v) is 22.9. The molecule has 1 heterocycles. The molecule has 0 spiro atoms. The van der Waals surface area contributed by atoms with E-state index >= 15 is 0 Å². The van der Waals surface area contributed by atoms with Gasteiger partial charge in [-0.15, -0.1) is 0 Å². The number of anilines is 1. The molecule has 0 saturated heterocycles. The van der Waals surface area contributed by atoms with E-state index in [0.717, 1.165) is 45.2 Å². The SMILES string of the molecule is COc1cc([C@H]2Nc3ccc4ccccc4c3C3=C2C(=O)CC(C)(C)C3)ccc1Oc1ccc([N+](=O)[O-])cc1C#N. The van der Waals surface area contributed by atoms with Crippen LogP contribution in [0, 0.1) is 26.9 Å². The Labute approximate surface area is 237 Å². The number of nitro groups is 1. The Morgan fingerprint density at radius 3 is 2.54 bits per heavy atom. The second-order valence-electron chi connectivity index (χ2n) is 11.2. The van der Waals surface area contributed by atoms with Crippen LogP contribution >= 0.6 is 0 Å². The van der Waals surface area contributed by atoms with Gasteiger partial charge in [0.1, 0.15) is 17.4 Å². The number of Topliss-reactive ketones (excluding diaryl/α,β-unsaturated/α-hetero) is 1. The summed E-state index contributed by atoms with van der Waals surface area (Å²) in [7, 11) is 1.52. The van der Waals surface area contributed by atoms with E-state index in [1.165, 1.54) is 25.3 Å². The van der Waals surface area contributed by atoms with Gasteiger partial charge in [-0.05, 0) is 58.0 Å². The molecule has 204 valence electrons. The number of hydrogen-bond donors (Lipinski definition) is 1. The van der Waals surface area contributed by atoms with Gasteiger partial charge in [-0.25, -0.2) is 0 Å². The van der Waals surface area contributed by atoms with Crippen LogP contribution in [0.15, 0.2) is 78.4 Å². The molecule has 4 aromatic rings. The summed E-state index contributed by atoms with van der Waals surface area (Å²) in [4.78, 5) is 24.3. The van der Waals surface area contributed by atoms with Crippen LogP contribution in [0.1, 0.15) is 49.4 Å². The van der Waals surface area contributed by atoms with E-state index in [0.29, 0.717) is 17.9 Å². The number of ketones is 1. The molecular formula is C33H27N3O5. The zero-order valence-electron chi connectivity index (χ0n) is 22.9. The second-order valence-corrected chi connectivity index (χ2v) is 11.2. The third-order valence-electron chi connectivity index (χ3n) is 7.77. The Hall–Kier alpha value is -5.16. The Morgan fingerprint density at radius 1 is 1.00 bits per heavy atom. The monoisotopic (exact) mass is 545 g/mol. The summed E-state index contributed by atoms with van der Waals surface area (Å²) in [6.07, 6.45) is 1.24. The molecular weight excluding hydrogens is 518 g/mol. The van der Waals surface area contributed by atoms with Crippen LogP contribution in [-0.2, 0) is 4.79 Å². The van der Waals surface area contributed by atoms with E-state index in [-0.39, 0.29) is 34.2 Å². The zero-order chi connectivity index (χ0) is 28.9. The minimum Gasteiger partial charge on any atom is -0.493 e. The molecule has 0 bridgehead atoms. The van der Waals surface area contributed by atoms with Gasteiger partial charge >= 0.3 is 0 Å². The third kappa shape index (κ3) is 4.55. The number of allylic oxidation sites excluding steroid dienone is 1. The van der Waals surface area contributed by atoms with Crippen LogP contribution in [-0.4, -0.2) is 17.8 Å². The summed E-state index contributed by atoms with van der Waals surface area (Å²) in [5.41, 5.74) is 4.41. The van der Waals surface area contributed by atoms with Gasteiger partial charge in [-0.3, -0.25) is 14.9 Å². The van der Waals surface area contributed by atoms with Crippen molar-refractivity contribution >= 4 is 33.5 Å². The van der Waals surface area contributed by atoms with E-state index in [1.54, 1.807) is 6.07 Å². The minimum atomic E-state index is -0.561. The number of nitro benzene ring substituents is 1. The summed E-state index contributed by atoms with van der Waals surface area (Å²) in [5, 5.41) is 26.5. The average Bonchev–Trinajstić information content (AvgIpc) is 2.96. The highest BCUT2D eigenvalue weighted by Crippen LogP contribution is 2.52. The van der Waals surface area contributed by atoms with E-state index in [9.17, 15) is 20.2 Å². The number of ether oxygens (including phenoxy) is 2. The number of nitrogens with zero attached hydrogens (tertiary/aromatic N) is 2. The second kappa shape index (κ2) is 9.79. The molecule has 0 unspecified atom stereocenters. The first kappa shape index (κ1) is 26.1. The molecule has 8 nitrogen and oxygen atoms in total. The Balaban J connectivity index is 1.44. The predicted octanol–water partition coefficient (Wildman–Crippen LogP) is 7.73. The van der Waals surface area contributed by atoms with Crippen molar-refractivity contribution in [2.24, 2.45) is 5.41 Å². The van der Waals surface area contributed by atoms with Crippen molar-refractivity contribution in [3.05, 3.63) is 105 Å². The number of methoxy groups -OCH3 is 1. The highest BCUT2D eigenvalue weighted by atomic mass is 16.6. The molecule has 0 radical (unpaired) electrons. The summed E-state index contributed by atoms with van der Waals surface area (Å²) in [6.45, 7) is 4.28. The highest BCUT2D eigenvalue weighted by Gasteiger charge is 2.41. The van der Waals surface area contributed by atoms with E-state index in [4.69, 9.17) is 9.47 Å². The van der Waals surface area contributed by atoms with Crippen LogP contribution in [0.25, 0.3) is 16.3 Å². The molecule has 4 aromatic carbocycles. The smallest absolute Gasteiger partial charge is 0.271 e. The lowest BCUT2D eigenvalue weighted by Crippen LogP contribution is -2.33. The molecule has 0 amide bonds. The molecule has 1 N–H and O–H groups in total. The number of rotatable bonds is 5. The van der Waals surface area contributed by atoms with Crippen LogP contribution in [0.3, 0.4) is 0 Å². The van der Waals surface area contributed by atoms with Gasteiger partial charge in [0.05, 0.1) is 18.1 Å². The van der Waals surface area contributed by atoms with E-state index in [1.807, 2.05) is 30.3 Å². The number of non-ortho nitro benzene ring substituents is 1. The predicted molar refractivity (Wildman–Crippen MR) is 156 cm³/mol. The highest BCUT2D eigenvalue weighted by molar-refractivity contribution is 6.12. The van der Waals surface area contributed by atoms with Gasteiger partial charge < -0.3 is 14.8 Å². The minimum absolute atomic E-state index is 0.0355. The molecule has 8 heteroatoms. The molecule has 6 rings (SSSR count). The fourth-order valence-corrected chi connectivity index (χ4v) is 5.96. The van der Waals surface area contributed by atoms with Gasteiger partial charge in [0.2, 0.25) is 0 Å². The topological polar surface area (TPSA) is 114 Å². The maximum absolute atomic E-state index is 13.7. The van der Waals surface area contributed by atoms with Crippen molar-refractivity contribution in [3.8, 4) is 23.3 Å². The largest absolute Gasteiger partial charge is 0.493 e. The van der Waals surface area contributed by atoms with Crippen molar-refractivity contribution in [1.82, 2.24) is 0 Å². The van der Waals surface area contributed by atoms with Crippen LogP contribution in [0.2, 0.25) is 0 Å². The summed E-state index contributed by atoms with van der Waals surface area (Å²) in [5.74, 6) is 1.04. The van der Waals surface area contributed by atoms with Crippen LogP contribution in [0.4, 0.5) is 11.4 Å². The number of carbonyl (C=O) groups excluding carboxylic acids is 1. The Bertz CT molecular complexity index is 1830. The normalized spacial score (nSPS) is 17.2. The number of carbonyl (C=O) groups is 1. The van der Waals surface area contributed by atoms with Crippen molar-refractivity contribution < 1.29 is 19.2 Å². The molecule has 1 atom stereocenters. The maximum atomic E-state index is 13.7. The van der Waals surface area contributed by atoms with Crippen molar-refractivity contribution in [1.29, 1.82) is 5.26 Å². The Kier molecular flexibility index (Phi) is 6.23. The first-order chi connectivity index (χ1) is 19.7. The lowest BCUT2D eigenvalue weighted by molar-refractivity contribution is -0.384. The molecule has 1 aliphatic heterocycles. The van der Waals surface area contributed by atoms with Gasteiger partial charge in [0.25, 0.3) is 5.69 Å². The Morgan fingerprint density at radius 2 is 1.78 bits per heavy atom. The number of nitriles is 1. The first-order valence-electron chi connectivity index (χ1n) is 13.3. The number of benzene rings is 4. The fraction of sp³-hybridized carbons (Fsp3) is 0.212. The number of nitrogens with one attached hydrogen (secondary N) is 1. The van der Waals surface area contributed by atoms with Crippen molar-refractivity contribution in [2.45, 2.75) is 32.7 Å². The molecule has 2 aliphatic rings. The molecule has 0 saturated carbocycles. The van der Waals surface area contributed by atoms with Gasteiger partial charge in [-0.2, -0.15) is 5.26 Å². The maximum Gasteiger partial charge on any atom is 0.271 e. The van der Waals surface area contributed by atoms with Crippen molar-refractivity contribution in [3.63, 3.8) is 0 Å².